The molecule has 2 amide bonds. The molecule has 2 N–H and O–H groups in total. The molecule has 2 aromatic rings. The maximum Gasteiger partial charge on any atom is 0.274 e. The Hall–Kier alpha value is -2.77. The largest absolute Gasteiger partial charge is 0.379 e. The van der Waals surface area contributed by atoms with Gasteiger partial charge in [0, 0.05) is 31.9 Å². The van der Waals surface area contributed by atoms with Gasteiger partial charge in [-0.25, -0.2) is 4.98 Å². The van der Waals surface area contributed by atoms with E-state index in [9.17, 15) is 9.59 Å². The van der Waals surface area contributed by atoms with Gasteiger partial charge in [0.2, 0.25) is 0 Å². The Morgan fingerprint density at radius 3 is 2.46 bits per heavy atom. The number of nitrogens with one attached hydrogen (secondary N) is 2. The minimum Gasteiger partial charge on any atom is -0.379 e. The summed E-state index contributed by atoms with van der Waals surface area (Å²) in [5, 5.41) is 5.69. The zero-order valence-corrected chi connectivity index (χ0v) is 16.3. The van der Waals surface area contributed by atoms with Gasteiger partial charge in [-0.1, -0.05) is 12.1 Å². The Morgan fingerprint density at radius 1 is 1.04 bits per heavy atom. The highest BCUT2D eigenvalue weighted by molar-refractivity contribution is 6.03. The van der Waals surface area contributed by atoms with E-state index in [-0.39, 0.29) is 23.2 Å². The van der Waals surface area contributed by atoms with Gasteiger partial charge in [-0.15, -0.1) is 0 Å². The van der Waals surface area contributed by atoms with Gasteiger partial charge in [-0.2, -0.15) is 0 Å². The molecular formula is C21H26N4O3. The van der Waals surface area contributed by atoms with Crippen molar-refractivity contribution in [3.63, 3.8) is 0 Å². The van der Waals surface area contributed by atoms with E-state index in [1.54, 1.807) is 18.2 Å². The number of aromatic nitrogens is 1. The predicted octanol–water partition coefficient (Wildman–Crippen LogP) is 2.01. The van der Waals surface area contributed by atoms with E-state index in [1.807, 2.05) is 32.0 Å². The summed E-state index contributed by atoms with van der Waals surface area (Å²) < 4.78 is 5.31. The van der Waals surface area contributed by atoms with Crippen LogP contribution in [0.25, 0.3) is 0 Å². The lowest BCUT2D eigenvalue weighted by molar-refractivity contribution is 0.0383. The SMILES string of the molecule is Cc1ccc(NC(=O)c2cccc(C(=O)NCCN3CCOCC3)n2)cc1C. The molecule has 1 fully saturated rings. The lowest BCUT2D eigenvalue weighted by Gasteiger charge is -2.26. The van der Waals surface area contributed by atoms with Crippen molar-refractivity contribution in [1.29, 1.82) is 0 Å². The number of amides is 2. The lowest BCUT2D eigenvalue weighted by atomic mass is 10.1. The fourth-order valence-electron chi connectivity index (χ4n) is 2.94. The van der Waals surface area contributed by atoms with Gasteiger partial charge in [-0.3, -0.25) is 14.5 Å². The Labute approximate surface area is 165 Å². The molecule has 1 aromatic carbocycles. The second kappa shape index (κ2) is 9.43. The van der Waals surface area contributed by atoms with Crippen molar-refractivity contribution in [2.45, 2.75) is 13.8 Å². The first kappa shape index (κ1) is 20.0. The zero-order chi connectivity index (χ0) is 19.9. The number of aryl methyl sites for hydroxylation is 2. The fourth-order valence-corrected chi connectivity index (χ4v) is 2.94. The quantitative estimate of drug-likeness (QED) is 0.799. The molecule has 0 aliphatic carbocycles. The summed E-state index contributed by atoms with van der Waals surface area (Å²) in [6.45, 7) is 8.52. The fraction of sp³-hybridized carbons (Fsp3) is 0.381. The van der Waals surface area contributed by atoms with Crippen molar-refractivity contribution in [1.82, 2.24) is 15.2 Å². The van der Waals surface area contributed by atoms with Crippen LogP contribution in [0.3, 0.4) is 0 Å². The number of benzene rings is 1. The summed E-state index contributed by atoms with van der Waals surface area (Å²) >= 11 is 0. The van der Waals surface area contributed by atoms with E-state index in [1.165, 1.54) is 0 Å². The molecule has 0 bridgehead atoms. The molecule has 0 saturated carbocycles. The highest BCUT2D eigenvalue weighted by Gasteiger charge is 2.14. The molecule has 0 atom stereocenters. The van der Waals surface area contributed by atoms with Gasteiger partial charge >= 0.3 is 0 Å². The van der Waals surface area contributed by atoms with Crippen molar-refractivity contribution in [2.24, 2.45) is 0 Å². The van der Waals surface area contributed by atoms with Crippen LogP contribution in [-0.4, -0.2) is 61.1 Å². The van der Waals surface area contributed by atoms with Crippen LogP contribution in [-0.2, 0) is 4.74 Å². The molecular weight excluding hydrogens is 356 g/mol. The first-order chi connectivity index (χ1) is 13.5. The van der Waals surface area contributed by atoms with Crippen LogP contribution in [0, 0.1) is 13.8 Å². The van der Waals surface area contributed by atoms with Crippen molar-refractivity contribution in [3.05, 3.63) is 58.9 Å². The Morgan fingerprint density at radius 2 is 1.75 bits per heavy atom. The van der Waals surface area contributed by atoms with E-state index in [4.69, 9.17) is 4.74 Å². The molecule has 7 heteroatoms. The molecule has 1 aliphatic heterocycles. The average molecular weight is 382 g/mol. The van der Waals surface area contributed by atoms with E-state index in [2.05, 4.69) is 20.5 Å². The van der Waals surface area contributed by atoms with Gasteiger partial charge in [-0.05, 0) is 49.2 Å². The van der Waals surface area contributed by atoms with Crippen LogP contribution in [0.4, 0.5) is 5.69 Å². The molecule has 3 rings (SSSR count). The number of hydrogen-bond acceptors (Lipinski definition) is 5. The van der Waals surface area contributed by atoms with E-state index in [0.717, 1.165) is 44.0 Å². The average Bonchev–Trinajstić information content (AvgIpc) is 2.71. The zero-order valence-electron chi connectivity index (χ0n) is 16.3. The Kier molecular flexibility index (Phi) is 6.73. The monoisotopic (exact) mass is 382 g/mol. The molecule has 1 aromatic heterocycles. The van der Waals surface area contributed by atoms with Gasteiger partial charge in [0.05, 0.1) is 13.2 Å². The second-order valence-corrected chi connectivity index (χ2v) is 6.87. The lowest BCUT2D eigenvalue weighted by Crippen LogP contribution is -2.41. The van der Waals surface area contributed by atoms with Crippen LogP contribution >= 0.6 is 0 Å². The molecule has 0 spiro atoms. The Bertz CT molecular complexity index is 847. The number of hydrogen-bond donors (Lipinski definition) is 2. The number of rotatable bonds is 6. The van der Waals surface area contributed by atoms with Gasteiger partial charge in [0.15, 0.2) is 0 Å². The third-order valence-electron chi connectivity index (χ3n) is 4.80. The maximum atomic E-state index is 12.5. The molecule has 0 radical (unpaired) electrons. The molecule has 148 valence electrons. The van der Waals surface area contributed by atoms with Crippen molar-refractivity contribution in [2.75, 3.05) is 44.7 Å². The van der Waals surface area contributed by atoms with E-state index in [0.29, 0.717) is 12.2 Å². The highest BCUT2D eigenvalue weighted by Crippen LogP contribution is 2.15. The summed E-state index contributed by atoms with van der Waals surface area (Å²) in [5.74, 6) is -0.625. The summed E-state index contributed by atoms with van der Waals surface area (Å²) in [7, 11) is 0. The van der Waals surface area contributed by atoms with Crippen molar-refractivity contribution < 1.29 is 14.3 Å². The molecule has 0 unspecified atom stereocenters. The molecule has 28 heavy (non-hydrogen) atoms. The highest BCUT2D eigenvalue weighted by atomic mass is 16.5. The normalized spacial score (nSPS) is 14.5. The van der Waals surface area contributed by atoms with E-state index < -0.39 is 0 Å². The first-order valence-electron chi connectivity index (χ1n) is 9.47. The van der Waals surface area contributed by atoms with E-state index >= 15 is 0 Å². The minimum atomic E-state index is -0.341. The number of ether oxygens (including phenoxy) is 1. The summed E-state index contributed by atoms with van der Waals surface area (Å²) in [6, 6.07) is 10.6. The van der Waals surface area contributed by atoms with Crippen LogP contribution < -0.4 is 10.6 Å². The summed E-state index contributed by atoms with van der Waals surface area (Å²) in [5.41, 5.74) is 3.40. The van der Waals surface area contributed by atoms with Crippen molar-refractivity contribution >= 4 is 17.5 Å². The third kappa shape index (κ3) is 5.37. The van der Waals surface area contributed by atoms with Crippen LogP contribution in [0.1, 0.15) is 32.1 Å². The number of nitrogens with zero attached hydrogens (tertiary/aromatic N) is 2. The Balaban J connectivity index is 1.56. The third-order valence-corrected chi connectivity index (χ3v) is 4.80. The minimum absolute atomic E-state index is 0.207. The smallest absolute Gasteiger partial charge is 0.274 e. The second-order valence-electron chi connectivity index (χ2n) is 6.87. The number of carbonyl (C=O) groups is 2. The van der Waals surface area contributed by atoms with Crippen LogP contribution in [0.5, 0.6) is 0 Å². The molecule has 1 aliphatic rings. The summed E-state index contributed by atoms with van der Waals surface area (Å²) in [6.07, 6.45) is 0. The standard InChI is InChI=1S/C21H26N4O3/c1-15-6-7-17(14-16(15)2)23-21(27)19-5-3-4-18(24-19)20(26)22-8-9-25-10-12-28-13-11-25/h3-7,14H,8-13H2,1-2H3,(H,22,26)(H,23,27). The number of anilines is 1. The molecule has 7 nitrogen and oxygen atoms in total. The summed E-state index contributed by atoms with van der Waals surface area (Å²) in [4.78, 5) is 31.3. The molecule has 1 saturated heterocycles. The van der Waals surface area contributed by atoms with Gasteiger partial charge in [0.25, 0.3) is 11.8 Å². The van der Waals surface area contributed by atoms with Crippen molar-refractivity contribution in [3.8, 4) is 0 Å². The van der Waals surface area contributed by atoms with Crippen LogP contribution in [0.2, 0.25) is 0 Å². The predicted molar refractivity (Wildman–Crippen MR) is 108 cm³/mol. The first-order valence-corrected chi connectivity index (χ1v) is 9.47. The number of pyridine rings is 1. The number of morpholine rings is 1. The molecule has 2 heterocycles. The van der Waals surface area contributed by atoms with Gasteiger partial charge in [0.1, 0.15) is 11.4 Å². The van der Waals surface area contributed by atoms with Gasteiger partial charge < -0.3 is 15.4 Å². The maximum absolute atomic E-state index is 12.5. The topological polar surface area (TPSA) is 83.6 Å². The van der Waals surface area contributed by atoms with Crippen LogP contribution in [0.15, 0.2) is 36.4 Å². The number of carbonyl (C=O) groups excluding carboxylic acids is 2.